The van der Waals surface area contributed by atoms with Crippen molar-refractivity contribution in [3.05, 3.63) is 46.1 Å². The predicted molar refractivity (Wildman–Crippen MR) is 84.6 cm³/mol. The second-order valence-corrected chi connectivity index (χ2v) is 10.1. The summed E-state index contributed by atoms with van der Waals surface area (Å²) in [5.41, 5.74) is 3.13. The van der Waals surface area contributed by atoms with Gasteiger partial charge >= 0.3 is 0 Å². The van der Waals surface area contributed by atoms with Gasteiger partial charge in [0.15, 0.2) is 5.87 Å². The third-order valence-corrected chi connectivity index (χ3v) is 9.22. The summed E-state index contributed by atoms with van der Waals surface area (Å²) in [6, 6.07) is 0. The Labute approximate surface area is 107 Å². The van der Waals surface area contributed by atoms with Crippen LogP contribution in [-0.4, -0.2) is 5.87 Å². The van der Waals surface area contributed by atoms with Crippen LogP contribution in [0.4, 0.5) is 0 Å². The molecule has 0 aromatic heterocycles. The molecule has 0 unspecified atom stereocenters. The van der Waals surface area contributed by atoms with Crippen LogP contribution in [-0.2, 0) is 0 Å². The first-order valence-electron chi connectivity index (χ1n) is 6.69. The first-order valence-corrected chi connectivity index (χ1v) is 8.27. The highest BCUT2D eigenvalue weighted by atomic mass is 31.1. The molecule has 0 atom stereocenters. The minimum absolute atomic E-state index is 0.349. The Hall–Kier alpha value is -0.545. The number of allylic oxidation sites excluding steroid dienone is 8. The van der Waals surface area contributed by atoms with Gasteiger partial charge in [-0.25, -0.2) is 0 Å². The molecule has 0 aromatic carbocycles. The van der Waals surface area contributed by atoms with Gasteiger partial charge in [0.05, 0.1) is 0 Å². The van der Waals surface area contributed by atoms with E-state index < -0.39 is 7.80 Å². The van der Waals surface area contributed by atoms with Crippen LogP contribution in [0.5, 0.6) is 0 Å². The molecule has 0 spiro atoms. The molecule has 2 rings (SSSR count). The molecule has 2 heteroatoms. The van der Waals surface area contributed by atoms with Crippen molar-refractivity contribution < 1.29 is 0 Å². The zero-order valence-corrected chi connectivity index (χ0v) is 13.0. The molecule has 0 saturated heterocycles. The second kappa shape index (κ2) is 4.28. The summed E-state index contributed by atoms with van der Waals surface area (Å²) in [7, 11) is -0.505. The van der Waals surface area contributed by atoms with Crippen molar-refractivity contribution in [3.63, 3.8) is 0 Å². The third-order valence-electron chi connectivity index (χ3n) is 4.98. The van der Waals surface area contributed by atoms with Gasteiger partial charge in [-0.2, -0.15) is 13.6 Å². The fourth-order valence-electron chi connectivity index (χ4n) is 3.56. The Morgan fingerprint density at radius 1 is 0.882 bits per heavy atom. The lowest BCUT2D eigenvalue weighted by Crippen LogP contribution is -2.28. The smallest absolute Gasteiger partial charge is 0.151 e. The molecule has 0 bridgehead atoms. The average molecular weight is 246 g/mol. The lowest BCUT2D eigenvalue weighted by molar-refractivity contribution is 1.31. The van der Waals surface area contributed by atoms with Crippen molar-refractivity contribution in [2.75, 3.05) is 0 Å². The molecule has 92 valence electrons. The molecular weight excluding hydrogens is 222 g/mol. The van der Waals surface area contributed by atoms with E-state index in [0.717, 1.165) is 0 Å². The first-order chi connectivity index (χ1) is 7.87. The lowest BCUT2D eigenvalue weighted by atomic mass is 9.43. The van der Waals surface area contributed by atoms with E-state index in [1.165, 1.54) is 0 Å². The zero-order chi connectivity index (χ0) is 12.8. The standard InChI is InChI=1S/C15H24BP/c1-11-12(2)14(4)17(13(11)3)16(5,6)15-9-7-8-10-15/h7-10,15,17H,1-6H3. The van der Waals surface area contributed by atoms with Crippen LogP contribution >= 0.6 is 7.80 Å². The summed E-state index contributed by atoms with van der Waals surface area (Å²) in [4.78, 5) is 0. The molecule has 0 radical (unpaired) electrons. The molecular formula is C15H24BP. The SMILES string of the molecule is CC1=C(C)[PH+]([B-](C)(C)C2C=CC=C2)C(C)=C1C. The highest BCUT2D eigenvalue weighted by Gasteiger charge is 2.43. The van der Waals surface area contributed by atoms with Crippen molar-refractivity contribution >= 4 is 13.7 Å². The fraction of sp³-hybridized carbons (Fsp3) is 0.467. The number of rotatable bonds is 2. The van der Waals surface area contributed by atoms with E-state index in [4.69, 9.17) is 0 Å². The number of hydrogen-bond acceptors (Lipinski definition) is 0. The van der Waals surface area contributed by atoms with Gasteiger partial charge in [0.1, 0.15) is 0 Å². The molecule has 0 nitrogen and oxygen atoms in total. The Balaban J connectivity index is 2.41. The van der Waals surface area contributed by atoms with Crippen LogP contribution in [0.1, 0.15) is 27.7 Å². The summed E-state index contributed by atoms with van der Waals surface area (Å²) in [5.74, 6) is 0.325. The summed E-state index contributed by atoms with van der Waals surface area (Å²) >= 11 is 0. The quantitative estimate of drug-likeness (QED) is 0.445. The van der Waals surface area contributed by atoms with Gasteiger partial charge in [-0.05, 0) is 38.8 Å². The van der Waals surface area contributed by atoms with Crippen molar-refractivity contribution in [1.82, 2.24) is 0 Å². The van der Waals surface area contributed by atoms with Gasteiger partial charge in [0.2, 0.25) is 0 Å². The minimum atomic E-state index is -0.505. The summed E-state index contributed by atoms with van der Waals surface area (Å²) in [5, 5.41) is 3.40. The summed E-state index contributed by atoms with van der Waals surface area (Å²) in [6.07, 6.45) is 9.20. The van der Waals surface area contributed by atoms with Crippen molar-refractivity contribution in [2.24, 2.45) is 0 Å². The van der Waals surface area contributed by atoms with E-state index in [0.29, 0.717) is 5.82 Å². The van der Waals surface area contributed by atoms with Crippen LogP contribution < -0.4 is 0 Å². The molecule has 1 heterocycles. The van der Waals surface area contributed by atoms with Gasteiger partial charge < -0.3 is 0 Å². The van der Waals surface area contributed by atoms with Crippen LogP contribution in [0.15, 0.2) is 46.1 Å². The van der Waals surface area contributed by atoms with Crippen LogP contribution in [0.25, 0.3) is 0 Å². The van der Waals surface area contributed by atoms with E-state index in [1.807, 2.05) is 0 Å². The van der Waals surface area contributed by atoms with Crippen LogP contribution in [0.3, 0.4) is 0 Å². The second-order valence-electron chi connectivity index (χ2n) is 6.25. The van der Waals surface area contributed by atoms with Crippen LogP contribution in [0, 0.1) is 0 Å². The number of hydrogen-bond donors (Lipinski definition) is 0. The highest BCUT2D eigenvalue weighted by molar-refractivity contribution is 8.00. The molecule has 0 amide bonds. The molecule has 0 aromatic rings. The highest BCUT2D eigenvalue weighted by Crippen LogP contribution is 2.68. The average Bonchev–Trinajstić information content (AvgIpc) is 2.85. The van der Waals surface area contributed by atoms with Gasteiger partial charge in [-0.15, -0.1) is 20.0 Å². The van der Waals surface area contributed by atoms with Crippen LogP contribution in [0.2, 0.25) is 19.5 Å². The predicted octanol–water partition coefficient (Wildman–Crippen LogP) is 5.50. The Kier molecular flexibility index (Phi) is 3.25. The molecule has 17 heavy (non-hydrogen) atoms. The first kappa shape index (κ1) is 12.9. The molecule has 2 aliphatic rings. The monoisotopic (exact) mass is 246 g/mol. The van der Waals surface area contributed by atoms with Gasteiger partial charge in [-0.3, -0.25) is 0 Å². The van der Waals surface area contributed by atoms with Gasteiger partial charge in [0.25, 0.3) is 0 Å². The fourth-order valence-corrected chi connectivity index (χ4v) is 8.15. The van der Waals surface area contributed by atoms with E-state index in [9.17, 15) is 0 Å². The Morgan fingerprint density at radius 2 is 1.29 bits per heavy atom. The topological polar surface area (TPSA) is 0 Å². The Morgan fingerprint density at radius 3 is 1.71 bits per heavy atom. The van der Waals surface area contributed by atoms with Gasteiger partial charge in [-0.1, -0.05) is 18.0 Å². The largest absolute Gasteiger partial charge is 0.180 e. The minimum Gasteiger partial charge on any atom is -0.151 e. The van der Waals surface area contributed by atoms with E-state index >= 15 is 0 Å². The van der Waals surface area contributed by atoms with Crippen molar-refractivity contribution in [3.8, 4) is 0 Å². The molecule has 1 aliphatic heterocycles. The van der Waals surface area contributed by atoms with E-state index in [1.54, 1.807) is 21.8 Å². The third kappa shape index (κ3) is 1.89. The zero-order valence-electron chi connectivity index (χ0n) is 12.0. The van der Waals surface area contributed by atoms with Crippen molar-refractivity contribution in [2.45, 2.75) is 47.2 Å². The Bertz CT molecular complexity index is 427. The summed E-state index contributed by atoms with van der Waals surface area (Å²) < 4.78 is 0. The van der Waals surface area contributed by atoms with Gasteiger partial charge in [0, 0.05) is 10.6 Å². The van der Waals surface area contributed by atoms with Crippen molar-refractivity contribution in [1.29, 1.82) is 0 Å². The maximum absolute atomic E-state index is 2.51. The van der Waals surface area contributed by atoms with E-state index in [-0.39, 0.29) is 5.87 Å². The normalized spacial score (nSPS) is 22.5. The molecule has 0 fully saturated rings. The molecule has 1 aliphatic carbocycles. The lowest BCUT2D eigenvalue weighted by Gasteiger charge is -2.36. The molecule has 0 N–H and O–H groups in total. The summed E-state index contributed by atoms with van der Waals surface area (Å²) in [6.45, 7) is 14.4. The van der Waals surface area contributed by atoms with E-state index in [2.05, 4.69) is 65.6 Å². The molecule has 0 saturated carbocycles. The maximum atomic E-state index is 2.51. The maximum Gasteiger partial charge on any atom is 0.180 e.